The number of carbonyl (C=O) groups is 2. The maximum Gasteiger partial charge on any atom is 0.257 e. The Bertz CT molecular complexity index is 1000. The first-order valence-electron chi connectivity index (χ1n) is 7.63. The molecule has 2 aromatic carbocycles. The highest BCUT2D eigenvalue weighted by Crippen LogP contribution is 2.40. The van der Waals surface area contributed by atoms with E-state index in [1.165, 1.54) is 17.4 Å². The number of primary amides is 1. The summed E-state index contributed by atoms with van der Waals surface area (Å²) in [5.74, 6) is -1.07. The van der Waals surface area contributed by atoms with Crippen LogP contribution in [0, 0.1) is 6.92 Å². The highest BCUT2D eigenvalue weighted by atomic mass is 35.5. The number of nitrogens with one attached hydrogen (secondary N) is 1. The minimum atomic E-state index is -0.610. The summed E-state index contributed by atoms with van der Waals surface area (Å²) in [7, 11) is 0. The molecular formula is C19H14Cl2N2O2S. The van der Waals surface area contributed by atoms with Crippen LogP contribution in [0.1, 0.15) is 25.6 Å². The van der Waals surface area contributed by atoms with Crippen molar-refractivity contribution in [2.75, 3.05) is 5.32 Å². The molecule has 0 bridgehead atoms. The van der Waals surface area contributed by atoms with E-state index in [1.54, 1.807) is 12.1 Å². The third kappa shape index (κ3) is 3.60. The zero-order chi connectivity index (χ0) is 18.8. The summed E-state index contributed by atoms with van der Waals surface area (Å²) in [6, 6.07) is 14.0. The molecule has 0 saturated carbocycles. The van der Waals surface area contributed by atoms with Gasteiger partial charge in [-0.05, 0) is 30.7 Å². The van der Waals surface area contributed by atoms with Crippen molar-refractivity contribution in [2.45, 2.75) is 6.92 Å². The van der Waals surface area contributed by atoms with Crippen LogP contribution in [0.5, 0.6) is 0 Å². The number of hydrogen-bond donors (Lipinski definition) is 2. The summed E-state index contributed by atoms with van der Waals surface area (Å²) in [6.45, 7) is 1.88. The van der Waals surface area contributed by atoms with Crippen molar-refractivity contribution in [2.24, 2.45) is 5.73 Å². The number of rotatable bonds is 4. The Labute approximate surface area is 164 Å². The lowest BCUT2D eigenvalue weighted by Crippen LogP contribution is -2.17. The van der Waals surface area contributed by atoms with Gasteiger partial charge in [0.1, 0.15) is 5.00 Å². The van der Waals surface area contributed by atoms with E-state index < -0.39 is 11.8 Å². The molecule has 0 radical (unpaired) electrons. The number of hydrogen-bond acceptors (Lipinski definition) is 3. The number of benzene rings is 2. The summed E-state index contributed by atoms with van der Waals surface area (Å²) in [5.41, 5.74) is 7.69. The van der Waals surface area contributed by atoms with Crippen molar-refractivity contribution in [1.82, 2.24) is 0 Å². The van der Waals surface area contributed by atoms with Gasteiger partial charge in [-0.15, -0.1) is 11.3 Å². The van der Waals surface area contributed by atoms with Crippen LogP contribution in [-0.2, 0) is 0 Å². The van der Waals surface area contributed by atoms with E-state index in [2.05, 4.69) is 5.32 Å². The molecule has 0 saturated heterocycles. The number of halogens is 2. The molecule has 0 aliphatic heterocycles. The summed E-state index contributed by atoms with van der Waals surface area (Å²) in [4.78, 5) is 25.6. The van der Waals surface area contributed by atoms with Crippen molar-refractivity contribution in [3.8, 4) is 11.1 Å². The summed E-state index contributed by atoms with van der Waals surface area (Å²) >= 11 is 13.3. The van der Waals surface area contributed by atoms with Gasteiger partial charge in [0.2, 0.25) is 0 Å². The molecule has 0 aliphatic carbocycles. The van der Waals surface area contributed by atoms with E-state index in [0.29, 0.717) is 10.0 Å². The van der Waals surface area contributed by atoms with Gasteiger partial charge in [-0.3, -0.25) is 9.59 Å². The Morgan fingerprint density at radius 1 is 1.08 bits per heavy atom. The maximum atomic E-state index is 12.6. The third-order valence-electron chi connectivity index (χ3n) is 3.79. The molecule has 2 amide bonds. The van der Waals surface area contributed by atoms with Gasteiger partial charge >= 0.3 is 0 Å². The molecule has 0 fully saturated rings. The molecule has 3 rings (SSSR count). The van der Waals surface area contributed by atoms with Gasteiger partial charge < -0.3 is 11.1 Å². The monoisotopic (exact) mass is 404 g/mol. The van der Waals surface area contributed by atoms with Crippen LogP contribution in [0.3, 0.4) is 0 Å². The molecule has 3 N–H and O–H groups in total. The lowest BCUT2D eigenvalue weighted by Gasteiger charge is -2.08. The number of carbonyl (C=O) groups excluding carboxylic acids is 2. The number of amides is 2. The molecule has 1 aromatic heterocycles. The van der Waals surface area contributed by atoms with E-state index >= 15 is 0 Å². The van der Waals surface area contributed by atoms with Crippen LogP contribution in [0.4, 0.5) is 5.00 Å². The number of anilines is 1. The van der Waals surface area contributed by atoms with Crippen LogP contribution in [0.25, 0.3) is 11.1 Å². The molecule has 4 nitrogen and oxygen atoms in total. The van der Waals surface area contributed by atoms with Crippen molar-refractivity contribution < 1.29 is 9.59 Å². The molecule has 0 unspecified atom stereocenters. The average molecular weight is 405 g/mol. The first-order chi connectivity index (χ1) is 12.4. The molecule has 7 heteroatoms. The Kier molecular flexibility index (Phi) is 5.32. The predicted octanol–water partition coefficient (Wildman–Crippen LogP) is 5.38. The van der Waals surface area contributed by atoms with Crippen LogP contribution in [0.2, 0.25) is 10.0 Å². The normalized spacial score (nSPS) is 10.6. The van der Waals surface area contributed by atoms with Gasteiger partial charge in [0.15, 0.2) is 0 Å². The zero-order valence-corrected chi connectivity index (χ0v) is 16.0. The van der Waals surface area contributed by atoms with E-state index in [4.69, 9.17) is 28.9 Å². The smallest absolute Gasteiger partial charge is 0.257 e. The molecule has 0 spiro atoms. The van der Waals surface area contributed by atoms with Crippen LogP contribution < -0.4 is 11.1 Å². The molecule has 1 heterocycles. The second-order valence-electron chi connectivity index (χ2n) is 5.55. The number of aryl methyl sites for hydroxylation is 1. The summed E-state index contributed by atoms with van der Waals surface area (Å²) in [5, 5.41) is 3.79. The Morgan fingerprint density at radius 3 is 2.42 bits per heavy atom. The molecule has 26 heavy (non-hydrogen) atoms. The SMILES string of the molecule is Cc1sc(NC(=O)c2cc(Cl)ccc2Cl)c(C(N)=O)c1-c1ccccc1. The molecule has 132 valence electrons. The summed E-state index contributed by atoms with van der Waals surface area (Å²) in [6.07, 6.45) is 0. The molecule has 0 atom stereocenters. The average Bonchev–Trinajstić information content (AvgIpc) is 2.93. The highest BCUT2D eigenvalue weighted by Gasteiger charge is 2.23. The fraction of sp³-hybridized carbons (Fsp3) is 0.0526. The van der Waals surface area contributed by atoms with E-state index in [1.807, 2.05) is 37.3 Å². The maximum absolute atomic E-state index is 12.6. The van der Waals surface area contributed by atoms with Crippen molar-refractivity contribution in [3.63, 3.8) is 0 Å². The first-order valence-corrected chi connectivity index (χ1v) is 9.20. The van der Waals surface area contributed by atoms with Crippen LogP contribution >= 0.6 is 34.5 Å². The van der Waals surface area contributed by atoms with Crippen molar-refractivity contribution in [3.05, 3.63) is 74.6 Å². The molecule has 0 aliphatic rings. The summed E-state index contributed by atoms with van der Waals surface area (Å²) < 4.78 is 0. The number of nitrogens with two attached hydrogens (primary N) is 1. The Morgan fingerprint density at radius 2 is 1.77 bits per heavy atom. The Balaban J connectivity index is 2.05. The van der Waals surface area contributed by atoms with Gasteiger partial charge in [0, 0.05) is 15.5 Å². The lowest BCUT2D eigenvalue weighted by molar-refractivity contribution is 0.100. The van der Waals surface area contributed by atoms with Crippen LogP contribution in [0.15, 0.2) is 48.5 Å². The van der Waals surface area contributed by atoms with E-state index in [0.717, 1.165) is 16.0 Å². The topological polar surface area (TPSA) is 72.2 Å². The second-order valence-corrected chi connectivity index (χ2v) is 7.61. The van der Waals surface area contributed by atoms with E-state index in [9.17, 15) is 9.59 Å². The van der Waals surface area contributed by atoms with Gasteiger partial charge in [-0.1, -0.05) is 53.5 Å². The van der Waals surface area contributed by atoms with Gasteiger partial charge in [-0.25, -0.2) is 0 Å². The van der Waals surface area contributed by atoms with Crippen molar-refractivity contribution in [1.29, 1.82) is 0 Å². The highest BCUT2D eigenvalue weighted by molar-refractivity contribution is 7.17. The largest absolute Gasteiger partial charge is 0.365 e. The predicted molar refractivity (Wildman–Crippen MR) is 107 cm³/mol. The van der Waals surface area contributed by atoms with E-state index in [-0.39, 0.29) is 16.1 Å². The molecular weight excluding hydrogens is 391 g/mol. The van der Waals surface area contributed by atoms with Gasteiger partial charge in [0.05, 0.1) is 16.1 Å². The number of thiophene rings is 1. The quantitative estimate of drug-likeness (QED) is 0.612. The first kappa shape index (κ1) is 18.5. The van der Waals surface area contributed by atoms with Crippen LogP contribution in [-0.4, -0.2) is 11.8 Å². The second kappa shape index (κ2) is 7.50. The standard InChI is InChI=1S/C19H14Cl2N2O2S/c1-10-15(11-5-3-2-4-6-11)16(17(22)24)19(26-10)23-18(25)13-9-12(20)7-8-14(13)21/h2-9H,1H3,(H2,22,24)(H,23,25). The minimum absolute atomic E-state index is 0.224. The van der Waals surface area contributed by atoms with Gasteiger partial charge in [-0.2, -0.15) is 0 Å². The minimum Gasteiger partial charge on any atom is -0.365 e. The molecule has 3 aromatic rings. The van der Waals surface area contributed by atoms with Gasteiger partial charge in [0.25, 0.3) is 11.8 Å². The third-order valence-corrected chi connectivity index (χ3v) is 5.38. The fourth-order valence-corrected chi connectivity index (χ4v) is 4.11. The zero-order valence-electron chi connectivity index (χ0n) is 13.7. The fourth-order valence-electron chi connectivity index (χ4n) is 2.66. The lowest BCUT2D eigenvalue weighted by atomic mass is 10.0. The van der Waals surface area contributed by atoms with Crippen molar-refractivity contribution >= 4 is 51.4 Å². The Hall–Kier alpha value is -2.34.